The summed E-state index contributed by atoms with van der Waals surface area (Å²) in [5, 5.41) is 0. The van der Waals surface area contributed by atoms with E-state index < -0.39 is 0 Å². The van der Waals surface area contributed by atoms with Crippen LogP contribution in [0.3, 0.4) is 0 Å². The Morgan fingerprint density at radius 3 is 1.89 bits per heavy atom. The maximum atomic E-state index is 12.7. The Balaban J connectivity index is 3.18. The van der Waals surface area contributed by atoms with Crippen LogP contribution in [0.2, 0.25) is 0 Å². The Morgan fingerprint density at radius 1 is 1.11 bits per heavy atom. The first kappa shape index (κ1) is 17.0. The molecule has 1 atom stereocenters. The van der Waals surface area contributed by atoms with Gasteiger partial charge in [-0.25, -0.2) is 0 Å². The van der Waals surface area contributed by atoms with Crippen molar-refractivity contribution in [2.75, 3.05) is 0 Å². The minimum atomic E-state index is -0.348. The van der Waals surface area contributed by atoms with E-state index in [1.54, 1.807) is 0 Å². The molecule has 0 aliphatic carbocycles. The number of ketones is 1. The summed E-state index contributed by atoms with van der Waals surface area (Å²) in [6.45, 7) is 16.6. The van der Waals surface area contributed by atoms with Crippen LogP contribution in [0, 0.1) is 10.8 Å². The lowest BCUT2D eigenvalue weighted by atomic mass is 9.80. The third-order valence-corrected chi connectivity index (χ3v) is 4.02. The summed E-state index contributed by atoms with van der Waals surface area (Å²) in [5.74, 6) is 1.11. The zero-order chi connectivity index (χ0) is 15.2. The van der Waals surface area contributed by atoms with E-state index in [4.69, 9.17) is 4.74 Å². The van der Waals surface area contributed by atoms with E-state index >= 15 is 0 Å². The fourth-order valence-corrected chi connectivity index (χ4v) is 2.54. The molecule has 0 radical (unpaired) electrons. The highest BCUT2D eigenvalue weighted by molar-refractivity contribution is 14.1. The molecule has 0 aromatic heterocycles. The summed E-state index contributed by atoms with van der Waals surface area (Å²) in [6.07, 6.45) is 0.821. The Labute approximate surface area is 131 Å². The normalized spacial score (nSPS) is 21.6. The highest BCUT2D eigenvalue weighted by Gasteiger charge is 2.43. The van der Waals surface area contributed by atoms with Crippen molar-refractivity contribution in [2.45, 2.75) is 71.3 Å². The number of carbonyl (C=O) groups is 1. The molecule has 0 spiro atoms. The number of hydrogen-bond acceptors (Lipinski definition) is 2. The maximum Gasteiger partial charge on any atom is 0.167 e. The number of alkyl halides is 1. The monoisotopic (exact) mass is 378 g/mol. The van der Waals surface area contributed by atoms with Crippen molar-refractivity contribution >= 4 is 28.4 Å². The van der Waals surface area contributed by atoms with Crippen molar-refractivity contribution in [3.05, 3.63) is 11.3 Å². The van der Waals surface area contributed by atoms with E-state index in [9.17, 15) is 4.79 Å². The second-order valence-corrected chi connectivity index (χ2v) is 10.8. The van der Waals surface area contributed by atoms with E-state index in [0.717, 1.165) is 17.8 Å². The average Bonchev–Trinajstić information content (AvgIpc) is 2.57. The number of halogens is 1. The van der Waals surface area contributed by atoms with Crippen LogP contribution in [0.5, 0.6) is 0 Å². The lowest BCUT2D eigenvalue weighted by Gasteiger charge is -2.28. The Kier molecular flexibility index (Phi) is 4.51. The summed E-state index contributed by atoms with van der Waals surface area (Å²) in [7, 11) is 0. The van der Waals surface area contributed by atoms with Gasteiger partial charge >= 0.3 is 0 Å². The van der Waals surface area contributed by atoms with Crippen molar-refractivity contribution in [2.24, 2.45) is 10.8 Å². The zero-order valence-electron chi connectivity index (χ0n) is 13.5. The fraction of sp³-hybridized carbons (Fsp3) is 0.812. The molecule has 1 aliphatic heterocycles. The van der Waals surface area contributed by atoms with E-state index in [-0.39, 0.29) is 26.1 Å². The molecule has 0 amide bonds. The van der Waals surface area contributed by atoms with Gasteiger partial charge in [0.25, 0.3) is 0 Å². The molecule has 1 rings (SSSR count). The highest BCUT2D eigenvalue weighted by Crippen LogP contribution is 2.44. The number of Topliss-reactive ketones (excluding diaryl/α,β-unsaturated/α-hetero) is 1. The average molecular weight is 378 g/mol. The minimum Gasteiger partial charge on any atom is -0.492 e. The number of rotatable bonds is 2. The lowest BCUT2D eigenvalue weighted by molar-refractivity contribution is -0.122. The molecular formula is C16H27IO2. The first-order valence-corrected chi connectivity index (χ1v) is 7.96. The molecule has 1 heterocycles. The molecule has 0 saturated carbocycles. The lowest BCUT2D eigenvalue weighted by Crippen LogP contribution is -2.30. The van der Waals surface area contributed by atoms with Gasteiger partial charge in [-0.2, -0.15) is 0 Å². The van der Waals surface area contributed by atoms with Crippen molar-refractivity contribution in [1.82, 2.24) is 0 Å². The molecule has 0 aromatic carbocycles. The van der Waals surface area contributed by atoms with Gasteiger partial charge in [0.05, 0.1) is 3.42 Å². The van der Waals surface area contributed by atoms with Crippen LogP contribution in [0.1, 0.15) is 61.8 Å². The van der Waals surface area contributed by atoms with Crippen LogP contribution < -0.4 is 0 Å². The molecule has 2 nitrogen and oxygen atoms in total. The van der Waals surface area contributed by atoms with E-state index in [1.807, 2.05) is 20.8 Å². The third kappa shape index (κ3) is 3.96. The summed E-state index contributed by atoms with van der Waals surface area (Å²) >= 11 is 2.41. The number of carbonyl (C=O) groups excluding carboxylic acids is 1. The van der Waals surface area contributed by atoms with Gasteiger partial charge in [0.2, 0.25) is 0 Å². The van der Waals surface area contributed by atoms with Crippen molar-refractivity contribution in [3.8, 4) is 0 Å². The van der Waals surface area contributed by atoms with Gasteiger partial charge in [-0.05, 0) is 13.8 Å². The molecule has 0 aromatic rings. The molecule has 0 saturated heterocycles. The van der Waals surface area contributed by atoms with Gasteiger partial charge in [-0.1, -0.05) is 64.1 Å². The first-order chi connectivity index (χ1) is 8.24. The van der Waals surface area contributed by atoms with E-state index in [1.165, 1.54) is 0 Å². The topological polar surface area (TPSA) is 26.3 Å². The van der Waals surface area contributed by atoms with Crippen LogP contribution in [0.4, 0.5) is 0 Å². The van der Waals surface area contributed by atoms with Gasteiger partial charge in [0.1, 0.15) is 11.9 Å². The predicted molar refractivity (Wildman–Crippen MR) is 88.5 cm³/mol. The van der Waals surface area contributed by atoms with Crippen molar-refractivity contribution in [3.63, 3.8) is 0 Å². The quantitative estimate of drug-likeness (QED) is 0.505. The largest absolute Gasteiger partial charge is 0.492 e. The minimum absolute atomic E-state index is 0.0220. The van der Waals surface area contributed by atoms with Gasteiger partial charge < -0.3 is 4.74 Å². The maximum absolute atomic E-state index is 12.7. The second kappa shape index (κ2) is 5.05. The smallest absolute Gasteiger partial charge is 0.167 e. The van der Waals surface area contributed by atoms with E-state index in [2.05, 4.69) is 57.2 Å². The molecule has 3 heteroatoms. The summed E-state index contributed by atoms with van der Waals surface area (Å²) in [4.78, 5) is 12.7. The van der Waals surface area contributed by atoms with Gasteiger partial charge in [0, 0.05) is 22.8 Å². The SMILES string of the molecule is CC(C)(C)C(=O)C1=C(C(C)(C)C)OC(C(C)(C)I)C1. The molecule has 19 heavy (non-hydrogen) atoms. The fourth-order valence-electron chi connectivity index (χ4n) is 2.19. The standard InChI is InChI=1S/C16H27IO2/c1-14(2,3)12(18)10-9-11(16(7,8)17)19-13(10)15(4,5)6/h11H,9H2,1-8H3. The molecule has 110 valence electrons. The van der Waals surface area contributed by atoms with Crippen LogP contribution in [0.15, 0.2) is 11.3 Å². The van der Waals surface area contributed by atoms with Gasteiger partial charge in [-0.3, -0.25) is 4.79 Å². The van der Waals surface area contributed by atoms with Gasteiger partial charge in [-0.15, -0.1) is 0 Å². The third-order valence-electron chi connectivity index (χ3n) is 3.33. The molecule has 0 fully saturated rings. The number of ether oxygens (including phenoxy) is 1. The molecule has 0 bridgehead atoms. The Hall–Kier alpha value is -0.0600. The predicted octanol–water partition coefficient (Wildman–Crippen LogP) is 4.90. The van der Waals surface area contributed by atoms with Crippen LogP contribution in [0.25, 0.3) is 0 Å². The summed E-state index contributed by atoms with van der Waals surface area (Å²) in [5.41, 5.74) is 0.432. The molecule has 1 aliphatic rings. The summed E-state index contributed by atoms with van der Waals surface area (Å²) in [6, 6.07) is 0. The van der Waals surface area contributed by atoms with Crippen LogP contribution >= 0.6 is 22.6 Å². The van der Waals surface area contributed by atoms with Crippen LogP contribution in [-0.2, 0) is 9.53 Å². The summed E-state index contributed by atoms with van der Waals surface area (Å²) < 4.78 is 6.19. The van der Waals surface area contributed by atoms with Crippen LogP contribution in [-0.4, -0.2) is 15.3 Å². The Morgan fingerprint density at radius 2 is 1.58 bits per heavy atom. The molecule has 0 N–H and O–H groups in total. The molecule has 1 unspecified atom stereocenters. The second-order valence-electron chi connectivity index (χ2n) is 8.01. The number of allylic oxidation sites excluding steroid dienone is 1. The van der Waals surface area contributed by atoms with Gasteiger partial charge in [0.15, 0.2) is 5.78 Å². The zero-order valence-corrected chi connectivity index (χ0v) is 15.6. The first-order valence-electron chi connectivity index (χ1n) is 6.88. The van der Waals surface area contributed by atoms with Crippen molar-refractivity contribution in [1.29, 1.82) is 0 Å². The Bertz CT molecular complexity index is 400. The van der Waals surface area contributed by atoms with E-state index in [0.29, 0.717) is 0 Å². The van der Waals surface area contributed by atoms with Crippen molar-refractivity contribution < 1.29 is 9.53 Å². The number of hydrogen-bond donors (Lipinski definition) is 0. The highest BCUT2D eigenvalue weighted by atomic mass is 127. The molecular weight excluding hydrogens is 351 g/mol.